The summed E-state index contributed by atoms with van der Waals surface area (Å²) in [5.41, 5.74) is 0.987. The second-order valence-corrected chi connectivity index (χ2v) is 4.76. The lowest BCUT2D eigenvalue weighted by atomic mass is 10.1. The Morgan fingerprint density at radius 3 is 2.52 bits per heavy atom. The second kappa shape index (κ2) is 8.44. The Balaban J connectivity index is 2.85. The van der Waals surface area contributed by atoms with Gasteiger partial charge in [0.15, 0.2) is 0 Å². The molecule has 0 fully saturated rings. The normalized spacial score (nSPS) is 11.2. The van der Waals surface area contributed by atoms with Crippen molar-refractivity contribution in [3.63, 3.8) is 0 Å². The van der Waals surface area contributed by atoms with E-state index in [0.29, 0.717) is 17.0 Å². The predicted octanol–water partition coefficient (Wildman–Crippen LogP) is 2.79. The van der Waals surface area contributed by atoms with Gasteiger partial charge < -0.3 is 19.9 Å². The van der Waals surface area contributed by atoms with Crippen molar-refractivity contribution in [2.45, 2.75) is 31.9 Å². The molecule has 1 heterocycles. The first-order chi connectivity index (χ1) is 10.8. The Labute approximate surface area is 131 Å². The second-order valence-electron chi connectivity index (χ2n) is 4.76. The van der Waals surface area contributed by atoms with Gasteiger partial charge in [0.05, 0.1) is 19.9 Å². The van der Waals surface area contributed by atoms with Crippen molar-refractivity contribution in [1.82, 2.24) is 10.3 Å². The van der Waals surface area contributed by atoms with Crippen LogP contribution in [0, 0.1) is 0 Å². The molecule has 1 amide bonds. The van der Waals surface area contributed by atoms with Crippen molar-refractivity contribution < 1.29 is 32.5 Å². The Kier molecular flexibility index (Phi) is 6.92. The maximum atomic E-state index is 12.2. The molecule has 0 saturated heterocycles. The van der Waals surface area contributed by atoms with Crippen LogP contribution < -0.4 is 14.8 Å². The summed E-state index contributed by atoms with van der Waals surface area (Å²) in [6.07, 6.45) is -5.89. The zero-order valence-corrected chi connectivity index (χ0v) is 12.9. The molecular formula is C14H19F3N2O4. The maximum absolute atomic E-state index is 12.2. The van der Waals surface area contributed by atoms with Gasteiger partial charge in [0.2, 0.25) is 5.88 Å². The molecule has 0 aromatic carbocycles. The first-order valence-electron chi connectivity index (χ1n) is 6.91. The number of ether oxygens (including phenoxy) is 2. The third kappa shape index (κ3) is 6.62. The lowest BCUT2D eigenvalue weighted by Gasteiger charge is -2.14. The van der Waals surface area contributed by atoms with Gasteiger partial charge in [-0.2, -0.15) is 13.2 Å². The Bertz CT molecular complexity index is 535. The average Bonchev–Trinajstić information content (AvgIpc) is 2.46. The number of carboxylic acid groups (broad SMARTS) is 1. The molecule has 1 aromatic rings. The fourth-order valence-electron chi connectivity index (χ4n) is 2.03. The molecule has 130 valence electrons. The van der Waals surface area contributed by atoms with Crippen molar-refractivity contribution in [1.29, 1.82) is 0 Å². The van der Waals surface area contributed by atoms with E-state index in [1.54, 1.807) is 6.07 Å². The number of rotatable bonds is 8. The van der Waals surface area contributed by atoms with Crippen molar-refractivity contribution in [2.75, 3.05) is 20.8 Å². The zero-order valence-electron chi connectivity index (χ0n) is 12.9. The summed E-state index contributed by atoms with van der Waals surface area (Å²) in [5, 5.41) is 10.7. The van der Waals surface area contributed by atoms with Gasteiger partial charge in [-0.05, 0) is 18.9 Å². The smallest absolute Gasteiger partial charge is 0.404 e. The molecule has 0 unspecified atom stereocenters. The minimum atomic E-state index is -4.20. The molecule has 0 aliphatic rings. The fraction of sp³-hybridized carbons (Fsp3) is 0.571. The van der Waals surface area contributed by atoms with Crippen LogP contribution in [0.2, 0.25) is 0 Å². The largest absolute Gasteiger partial charge is 0.495 e. The lowest BCUT2D eigenvalue weighted by Crippen LogP contribution is -2.23. The number of halogens is 3. The first-order valence-corrected chi connectivity index (χ1v) is 6.91. The summed E-state index contributed by atoms with van der Waals surface area (Å²) in [6, 6.07) is 1.58. The highest BCUT2D eigenvalue weighted by molar-refractivity contribution is 5.64. The Morgan fingerprint density at radius 2 is 2.00 bits per heavy atom. The van der Waals surface area contributed by atoms with Crippen LogP contribution in [0.15, 0.2) is 6.07 Å². The topological polar surface area (TPSA) is 80.7 Å². The van der Waals surface area contributed by atoms with E-state index in [0.717, 1.165) is 0 Å². The van der Waals surface area contributed by atoms with E-state index in [1.165, 1.54) is 14.2 Å². The highest BCUT2D eigenvalue weighted by Crippen LogP contribution is 2.29. The summed E-state index contributed by atoms with van der Waals surface area (Å²) < 4.78 is 47.0. The Morgan fingerprint density at radius 1 is 1.30 bits per heavy atom. The summed E-state index contributed by atoms with van der Waals surface area (Å²) in [7, 11) is 2.79. The maximum Gasteiger partial charge on any atom is 0.404 e. The number of amides is 1. The number of carbonyl (C=O) groups is 1. The van der Waals surface area contributed by atoms with Crippen molar-refractivity contribution in [3.8, 4) is 11.6 Å². The molecule has 0 aliphatic carbocycles. The van der Waals surface area contributed by atoms with Gasteiger partial charge in [-0.15, -0.1) is 0 Å². The molecule has 0 radical (unpaired) electrons. The molecule has 0 saturated carbocycles. The SMILES string of the molecule is COc1cc(CCCC(F)(F)F)c(OC)nc1CCNC(=O)O. The van der Waals surface area contributed by atoms with Crippen LogP contribution in [0.5, 0.6) is 11.6 Å². The molecule has 23 heavy (non-hydrogen) atoms. The number of aromatic nitrogens is 1. The Hall–Kier alpha value is -2.19. The number of hydrogen-bond donors (Lipinski definition) is 2. The summed E-state index contributed by atoms with van der Waals surface area (Å²) in [5.74, 6) is 0.610. The zero-order chi connectivity index (χ0) is 17.5. The molecule has 1 aromatic heterocycles. The first kappa shape index (κ1) is 18.9. The molecule has 0 atom stereocenters. The van der Waals surface area contributed by atoms with Crippen LogP contribution in [0.3, 0.4) is 0 Å². The van der Waals surface area contributed by atoms with E-state index in [4.69, 9.17) is 14.6 Å². The quantitative estimate of drug-likeness (QED) is 0.763. The third-order valence-electron chi connectivity index (χ3n) is 3.06. The van der Waals surface area contributed by atoms with E-state index in [2.05, 4.69) is 10.3 Å². The van der Waals surface area contributed by atoms with Gasteiger partial charge in [-0.25, -0.2) is 9.78 Å². The summed E-state index contributed by atoms with van der Waals surface area (Å²) >= 11 is 0. The molecule has 1 rings (SSSR count). The highest BCUT2D eigenvalue weighted by atomic mass is 19.4. The van der Waals surface area contributed by atoms with Crippen LogP contribution in [0.4, 0.5) is 18.0 Å². The van der Waals surface area contributed by atoms with E-state index in [9.17, 15) is 18.0 Å². The standard InChI is InChI=1S/C14H19F3N2O4/c1-22-11-8-9(4-3-6-14(15,16)17)12(23-2)19-10(11)5-7-18-13(20)21/h8,18H,3-7H2,1-2H3,(H,20,21). The number of methoxy groups -OCH3 is 2. The van der Waals surface area contributed by atoms with Crippen LogP contribution >= 0.6 is 0 Å². The molecule has 9 heteroatoms. The molecule has 0 aliphatic heterocycles. The number of nitrogens with zero attached hydrogens (tertiary/aromatic N) is 1. The molecule has 2 N–H and O–H groups in total. The van der Waals surface area contributed by atoms with Crippen LogP contribution in [0.25, 0.3) is 0 Å². The number of alkyl halides is 3. The van der Waals surface area contributed by atoms with Crippen molar-refractivity contribution >= 4 is 6.09 Å². The van der Waals surface area contributed by atoms with Gasteiger partial charge in [-0.1, -0.05) is 0 Å². The average molecular weight is 336 g/mol. The number of pyridine rings is 1. The molecule has 6 nitrogen and oxygen atoms in total. The van der Waals surface area contributed by atoms with E-state index in [1.807, 2.05) is 0 Å². The summed E-state index contributed by atoms with van der Waals surface area (Å²) in [4.78, 5) is 14.7. The minimum Gasteiger partial charge on any atom is -0.495 e. The third-order valence-corrected chi connectivity index (χ3v) is 3.06. The van der Waals surface area contributed by atoms with Crippen LogP contribution in [-0.2, 0) is 12.8 Å². The van der Waals surface area contributed by atoms with E-state index in [-0.39, 0.29) is 31.7 Å². The van der Waals surface area contributed by atoms with Gasteiger partial charge in [0, 0.05) is 24.9 Å². The molecule has 0 bridgehead atoms. The predicted molar refractivity (Wildman–Crippen MR) is 76.1 cm³/mol. The van der Waals surface area contributed by atoms with Crippen molar-refractivity contribution in [2.24, 2.45) is 0 Å². The minimum absolute atomic E-state index is 0.0788. The van der Waals surface area contributed by atoms with Gasteiger partial charge >= 0.3 is 12.3 Å². The van der Waals surface area contributed by atoms with Crippen molar-refractivity contribution in [3.05, 3.63) is 17.3 Å². The molecule has 0 spiro atoms. The number of hydrogen-bond acceptors (Lipinski definition) is 4. The summed E-state index contributed by atoms with van der Waals surface area (Å²) in [6.45, 7) is 0.134. The number of aryl methyl sites for hydroxylation is 1. The van der Waals surface area contributed by atoms with Crippen LogP contribution in [0.1, 0.15) is 24.1 Å². The lowest BCUT2D eigenvalue weighted by molar-refractivity contribution is -0.135. The number of nitrogens with one attached hydrogen (secondary N) is 1. The van der Waals surface area contributed by atoms with Gasteiger partial charge in [0.1, 0.15) is 5.75 Å². The van der Waals surface area contributed by atoms with E-state index >= 15 is 0 Å². The van der Waals surface area contributed by atoms with Gasteiger partial charge in [-0.3, -0.25) is 0 Å². The van der Waals surface area contributed by atoms with Gasteiger partial charge in [0.25, 0.3) is 0 Å². The highest BCUT2D eigenvalue weighted by Gasteiger charge is 2.26. The molecular weight excluding hydrogens is 317 g/mol. The fourth-order valence-corrected chi connectivity index (χ4v) is 2.03. The monoisotopic (exact) mass is 336 g/mol. The van der Waals surface area contributed by atoms with E-state index < -0.39 is 18.7 Å². The van der Waals surface area contributed by atoms with Crippen LogP contribution in [-0.4, -0.2) is 43.1 Å².